The fraction of sp³-hybridized carbons (Fsp3) is 0.385. The van der Waals surface area contributed by atoms with Gasteiger partial charge in [0.2, 0.25) is 0 Å². The molecule has 1 saturated heterocycles. The number of piperidine rings is 1. The lowest BCUT2D eigenvalue weighted by atomic mass is 9.74. The number of nitrogens with zero attached hydrogens (tertiary/aromatic N) is 4. The van der Waals surface area contributed by atoms with Crippen molar-refractivity contribution in [1.82, 2.24) is 19.7 Å². The number of nitrogens with one attached hydrogen (secondary N) is 1. The van der Waals surface area contributed by atoms with Crippen molar-refractivity contribution in [2.24, 2.45) is 5.41 Å². The van der Waals surface area contributed by atoms with Crippen LogP contribution < -0.4 is 5.32 Å². The number of anilines is 2. The minimum Gasteiger partial charge on any atom is -0.481 e. The predicted octanol–water partition coefficient (Wildman–Crippen LogP) is 4.83. The predicted molar refractivity (Wildman–Crippen MR) is 133 cm³/mol. The molecule has 1 aliphatic rings. The number of aromatic nitrogens is 3. The molecule has 0 spiro atoms. The molecule has 1 amide bonds. The van der Waals surface area contributed by atoms with E-state index in [1.807, 2.05) is 53.2 Å². The zero-order valence-corrected chi connectivity index (χ0v) is 20.2. The van der Waals surface area contributed by atoms with E-state index in [-0.39, 0.29) is 37.9 Å². The van der Waals surface area contributed by atoms with Crippen LogP contribution in [-0.2, 0) is 16.8 Å². The van der Waals surface area contributed by atoms with Crippen molar-refractivity contribution in [3.63, 3.8) is 0 Å². The SMILES string of the molecule is CC(C)(C)n1nccc1Nc1cc(-c2ccccc2)cc(CC2(C(=O)O)CCN(C(=O)O)CC2)n1. The van der Waals surface area contributed by atoms with Crippen molar-refractivity contribution >= 4 is 23.7 Å². The highest BCUT2D eigenvalue weighted by atomic mass is 16.4. The first kappa shape index (κ1) is 24.3. The van der Waals surface area contributed by atoms with Crippen molar-refractivity contribution < 1.29 is 19.8 Å². The molecule has 9 heteroatoms. The topological polar surface area (TPSA) is 121 Å². The number of aliphatic carboxylic acids is 1. The summed E-state index contributed by atoms with van der Waals surface area (Å²) in [6, 6.07) is 15.6. The van der Waals surface area contributed by atoms with E-state index in [0.717, 1.165) is 16.9 Å². The lowest BCUT2D eigenvalue weighted by Gasteiger charge is -2.37. The summed E-state index contributed by atoms with van der Waals surface area (Å²) in [6.07, 6.45) is 1.40. The third kappa shape index (κ3) is 5.29. The van der Waals surface area contributed by atoms with Gasteiger partial charge in [-0.25, -0.2) is 14.5 Å². The molecule has 9 nitrogen and oxygen atoms in total. The summed E-state index contributed by atoms with van der Waals surface area (Å²) in [5, 5.41) is 27.2. The Morgan fingerprint density at radius 3 is 2.31 bits per heavy atom. The van der Waals surface area contributed by atoms with E-state index in [0.29, 0.717) is 11.5 Å². The van der Waals surface area contributed by atoms with Gasteiger partial charge in [0, 0.05) is 31.3 Å². The molecule has 0 atom stereocenters. The van der Waals surface area contributed by atoms with Gasteiger partial charge < -0.3 is 20.4 Å². The van der Waals surface area contributed by atoms with Gasteiger partial charge in [0.1, 0.15) is 11.6 Å². The Morgan fingerprint density at radius 1 is 1.03 bits per heavy atom. The van der Waals surface area contributed by atoms with Crippen LogP contribution in [0.15, 0.2) is 54.7 Å². The van der Waals surface area contributed by atoms with E-state index in [1.54, 1.807) is 6.20 Å². The Balaban J connectivity index is 1.71. The van der Waals surface area contributed by atoms with Gasteiger partial charge in [0.25, 0.3) is 0 Å². The summed E-state index contributed by atoms with van der Waals surface area (Å²) in [4.78, 5) is 29.8. The lowest BCUT2D eigenvalue weighted by Crippen LogP contribution is -2.47. The van der Waals surface area contributed by atoms with Crippen LogP contribution in [0.1, 0.15) is 39.3 Å². The van der Waals surface area contributed by atoms with Crippen molar-refractivity contribution in [3.05, 3.63) is 60.4 Å². The average molecular weight is 478 g/mol. The Hall–Kier alpha value is -3.88. The zero-order valence-electron chi connectivity index (χ0n) is 20.2. The molecule has 2 aromatic heterocycles. The minimum absolute atomic E-state index is 0.190. The van der Waals surface area contributed by atoms with Crippen molar-refractivity contribution in [1.29, 1.82) is 0 Å². The molecule has 0 aliphatic carbocycles. The summed E-state index contributed by atoms with van der Waals surface area (Å²) in [6.45, 7) is 6.56. The van der Waals surface area contributed by atoms with Gasteiger partial charge in [-0.3, -0.25) is 4.79 Å². The molecule has 3 heterocycles. The van der Waals surface area contributed by atoms with E-state index in [4.69, 9.17) is 4.98 Å². The van der Waals surface area contributed by atoms with Crippen molar-refractivity contribution in [3.8, 4) is 11.1 Å². The van der Waals surface area contributed by atoms with Gasteiger partial charge in [0.15, 0.2) is 0 Å². The van der Waals surface area contributed by atoms with Gasteiger partial charge >= 0.3 is 12.1 Å². The second-order valence-corrected chi connectivity index (χ2v) is 10.1. The number of carboxylic acids is 1. The van der Waals surface area contributed by atoms with Gasteiger partial charge in [-0.1, -0.05) is 30.3 Å². The van der Waals surface area contributed by atoms with Crippen molar-refractivity contribution in [2.75, 3.05) is 18.4 Å². The summed E-state index contributed by atoms with van der Waals surface area (Å²) < 4.78 is 1.88. The number of rotatable bonds is 6. The summed E-state index contributed by atoms with van der Waals surface area (Å²) >= 11 is 0. The Labute approximate surface area is 204 Å². The molecule has 35 heavy (non-hydrogen) atoms. The van der Waals surface area contributed by atoms with Crippen LogP contribution in [0.4, 0.5) is 16.4 Å². The third-order valence-electron chi connectivity index (χ3n) is 6.48. The molecule has 1 aromatic carbocycles. The molecule has 0 radical (unpaired) electrons. The second-order valence-electron chi connectivity index (χ2n) is 10.1. The van der Waals surface area contributed by atoms with Crippen LogP contribution in [0, 0.1) is 5.41 Å². The standard InChI is InChI=1S/C26H31N5O4/c1-25(2,3)31-22(9-12-27-31)29-21-16-19(18-7-5-4-6-8-18)15-20(28-21)17-26(23(32)33)10-13-30(14-11-26)24(34)35/h4-9,12,15-16H,10-11,13-14,17H2,1-3H3,(H,28,29)(H,32,33)(H,34,35). The van der Waals surface area contributed by atoms with E-state index in [2.05, 4.69) is 31.2 Å². The van der Waals surface area contributed by atoms with Crippen LogP contribution >= 0.6 is 0 Å². The summed E-state index contributed by atoms with van der Waals surface area (Å²) in [5.74, 6) is 0.453. The van der Waals surface area contributed by atoms with E-state index < -0.39 is 17.5 Å². The Kier molecular flexibility index (Phi) is 6.51. The fourth-order valence-corrected chi connectivity index (χ4v) is 4.54. The number of amides is 1. The maximum Gasteiger partial charge on any atom is 0.407 e. The minimum atomic E-state index is -1.07. The van der Waals surface area contributed by atoms with Crippen LogP contribution in [0.5, 0.6) is 0 Å². The lowest BCUT2D eigenvalue weighted by molar-refractivity contribution is -0.151. The van der Waals surface area contributed by atoms with E-state index in [1.165, 1.54) is 4.90 Å². The monoisotopic (exact) mass is 477 g/mol. The van der Waals surface area contributed by atoms with Crippen molar-refractivity contribution in [2.45, 2.75) is 45.6 Å². The molecule has 1 aliphatic heterocycles. The Bertz CT molecular complexity index is 1210. The van der Waals surface area contributed by atoms with Crippen LogP contribution in [0.25, 0.3) is 11.1 Å². The Morgan fingerprint density at radius 2 is 1.71 bits per heavy atom. The smallest absolute Gasteiger partial charge is 0.407 e. The molecule has 0 unspecified atom stereocenters. The molecular weight excluding hydrogens is 446 g/mol. The molecule has 184 valence electrons. The first-order valence-electron chi connectivity index (χ1n) is 11.7. The zero-order chi connectivity index (χ0) is 25.2. The van der Waals surface area contributed by atoms with Crippen LogP contribution in [-0.4, -0.2) is 55.0 Å². The molecule has 0 bridgehead atoms. The number of hydrogen-bond donors (Lipinski definition) is 3. The summed E-state index contributed by atoms with van der Waals surface area (Å²) in [5.41, 5.74) is 1.24. The highest BCUT2D eigenvalue weighted by Gasteiger charge is 2.43. The quantitative estimate of drug-likeness (QED) is 0.465. The molecule has 3 aromatic rings. The highest BCUT2D eigenvalue weighted by Crippen LogP contribution is 2.37. The van der Waals surface area contributed by atoms with E-state index >= 15 is 0 Å². The molecule has 0 saturated carbocycles. The second kappa shape index (κ2) is 9.40. The number of benzene rings is 1. The van der Waals surface area contributed by atoms with Gasteiger partial charge in [-0.2, -0.15) is 5.10 Å². The normalized spacial score (nSPS) is 15.6. The number of pyridine rings is 1. The molecule has 4 rings (SSSR count). The molecule has 3 N–H and O–H groups in total. The number of carboxylic acid groups (broad SMARTS) is 2. The largest absolute Gasteiger partial charge is 0.481 e. The van der Waals surface area contributed by atoms with Crippen LogP contribution in [0.2, 0.25) is 0 Å². The van der Waals surface area contributed by atoms with E-state index in [9.17, 15) is 19.8 Å². The average Bonchev–Trinajstić information content (AvgIpc) is 3.28. The first-order chi connectivity index (χ1) is 16.6. The molecule has 1 fully saturated rings. The maximum absolute atomic E-state index is 12.4. The number of likely N-dealkylation sites (tertiary alicyclic amines) is 1. The van der Waals surface area contributed by atoms with Crippen LogP contribution in [0.3, 0.4) is 0 Å². The number of hydrogen-bond acceptors (Lipinski definition) is 5. The highest BCUT2D eigenvalue weighted by molar-refractivity contribution is 5.76. The summed E-state index contributed by atoms with van der Waals surface area (Å²) in [7, 11) is 0. The fourth-order valence-electron chi connectivity index (χ4n) is 4.54. The molecular formula is C26H31N5O4. The maximum atomic E-state index is 12.4. The van der Waals surface area contributed by atoms with Gasteiger partial charge in [0.05, 0.1) is 17.2 Å². The number of carbonyl (C=O) groups is 2. The van der Waals surface area contributed by atoms with Gasteiger partial charge in [-0.15, -0.1) is 0 Å². The third-order valence-corrected chi connectivity index (χ3v) is 6.48. The first-order valence-corrected chi connectivity index (χ1v) is 11.7. The van der Waals surface area contributed by atoms with Gasteiger partial charge in [-0.05, 0) is 56.9 Å².